The van der Waals surface area contributed by atoms with E-state index in [0.717, 1.165) is 11.3 Å². The van der Waals surface area contributed by atoms with Crippen LogP contribution in [-0.4, -0.2) is 14.8 Å². The Hall–Kier alpha value is -1.88. The maximum Gasteiger partial charge on any atom is 0.289 e. The van der Waals surface area contributed by atoms with E-state index in [1.54, 1.807) is 6.20 Å². The summed E-state index contributed by atoms with van der Waals surface area (Å²) >= 11 is 6.08. The van der Waals surface area contributed by atoms with E-state index in [0.29, 0.717) is 0 Å². The van der Waals surface area contributed by atoms with Crippen LogP contribution >= 0.6 is 11.6 Å². The van der Waals surface area contributed by atoms with E-state index < -0.39 is 5.54 Å². The molecule has 2 aromatic heterocycles. The van der Waals surface area contributed by atoms with Crippen LogP contribution in [0.5, 0.6) is 5.75 Å². The van der Waals surface area contributed by atoms with Crippen molar-refractivity contribution >= 4 is 11.6 Å². The van der Waals surface area contributed by atoms with Crippen LogP contribution in [0.15, 0.2) is 29.3 Å². The summed E-state index contributed by atoms with van der Waals surface area (Å²) in [5, 5.41) is 4.16. The number of aryl methyl sites for hydroxylation is 1. The summed E-state index contributed by atoms with van der Waals surface area (Å²) in [4.78, 5) is 16.4. The van der Waals surface area contributed by atoms with Gasteiger partial charge < -0.3 is 4.74 Å². The third-order valence-electron chi connectivity index (χ3n) is 2.89. The molecule has 2 aromatic rings. The average Bonchev–Trinajstić information content (AvgIpc) is 2.41. The van der Waals surface area contributed by atoms with Gasteiger partial charge in [0, 0.05) is 17.5 Å². The van der Waals surface area contributed by atoms with E-state index in [1.807, 2.05) is 39.8 Å². The molecule has 0 aliphatic heterocycles. The number of hydrogen-bond acceptors (Lipinski definition) is 4. The van der Waals surface area contributed by atoms with E-state index >= 15 is 0 Å². The Morgan fingerprint density at radius 2 is 2.00 bits per heavy atom. The third kappa shape index (κ3) is 3.61. The van der Waals surface area contributed by atoms with Gasteiger partial charge in [-0.25, -0.2) is 4.68 Å². The van der Waals surface area contributed by atoms with Crippen LogP contribution < -0.4 is 10.3 Å². The molecule has 0 bridgehead atoms. The van der Waals surface area contributed by atoms with Gasteiger partial charge in [0.25, 0.3) is 5.56 Å². The number of halogens is 1. The van der Waals surface area contributed by atoms with Crippen LogP contribution in [0.2, 0.25) is 5.02 Å². The van der Waals surface area contributed by atoms with Crippen molar-refractivity contribution in [2.75, 3.05) is 0 Å². The molecule has 0 aliphatic carbocycles. The van der Waals surface area contributed by atoms with E-state index in [2.05, 4.69) is 10.1 Å². The molecule has 112 valence electrons. The average molecular weight is 308 g/mol. The Balaban J connectivity index is 2.20. The molecule has 0 aliphatic rings. The topological polar surface area (TPSA) is 57.0 Å². The van der Waals surface area contributed by atoms with E-state index in [1.165, 1.54) is 10.9 Å². The fraction of sp³-hybridized carbons (Fsp3) is 0.400. The second-order valence-corrected chi connectivity index (χ2v) is 6.19. The normalized spacial score (nSPS) is 11.5. The minimum atomic E-state index is -0.430. The van der Waals surface area contributed by atoms with Gasteiger partial charge in [-0.05, 0) is 33.8 Å². The summed E-state index contributed by atoms with van der Waals surface area (Å²) in [6.45, 7) is 7.86. The molecule has 0 fully saturated rings. The number of hydrogen-bond donors (Lipinski definition) is 0. The number of ether oxygens (including phenoxy) is 1. The predicted octanol–water partition coefficient (Wildman–Crippen LogP) is 2.93. The highest BCUT2D eigenvalue weighted by molar-refractivity contribution is 6.31. The number of pyridine rings is 1. The SMILES string of the molecule is Cc1ccc(COc2cnn(C(C)(C)C)c(=O)c2Cl)cn1. The molecule has 21 heavy (non-hydrogen) atoms. The lowest BCUT2D eigenvalue weighted by atomic mass is 10.1. The number of nitrogens with zero attached hydrogens (tertiary/aromatic N) is 3. The molecule has 5 nitrogen and oxygen atoms in total. The van der Waals surface area contributed by atoms with Crippen molar-refractivity contribution in [1.82, 2.24) is 14.8 Å². The van der Waals surface area contributed by atoms with Crippen molar-refractivity contribution in [1.29, 1.82) is 0 Å². The van der Waals surface area contributed by atoms with Crippen molar-refractivity contribution in [2.45, 2.75) is 39.8 Å². The van der Waals surface area contributed by atoms with Crippen LogP contribution in [0, 0.1) is 6.92 Å². The van der Waals surface area contributed by atoms with Gasteiger partial charge in [-0.1, -0.05) is 17.7 Å². The molecular weight excluding hydrogens is 290 g/mol. The van der Waals surface area contributed by atoms with Gasteiger partial charge in [0.15, 0.2) is 10.8 Å². The lowest BCUT2D eigenvalue weighted by molar-refractivity contribution is 0.292. The van der Waals surface area contributed by atoms with Gasteiger partial charge in [-0.3, -0.25) is 9.78 Å². The van der Waals surface area contributed by atoms with Gasteiger partial charge in [-0.2, -0.15) is 5.10 Å². The fourth-order valence-electron chi connectivity index (χ4n) is 1.74. The van der Waals surface area contributed by atoms with Crippen LogP contribution in [0.1, 0.15) is 32.0 Å². The number of rotatable bonds is 3. The Morgan fingerprint density at radius 1 is 1.29 bits per heavy atom. The highest BCUT2D eigenvalue weighted by Crippen LogP contribution is 2.21. The van der Waals surface area contributed by atoms with E-state index in [-0.39, 0.29) is 22.9 Å². The molecule has 2 heterocycles. The summed E-state index contributed by atoms with van der Waals surface area (Å²) in [5.41, 5.74) is 1.05. The molecule has 0 unspecified atom stereocenters. The van der Waals surface area contributed by atoms with Crippen molar-refractivity contribution in [3.63, 3.8) is 0 Å². The van der Waals surface area contributed by atoms with Crippen LogP contribution in [0.3, 0.4) is 0 Å². The Morgan fingerprint density at radius 3 is 2.57 bits per heavy atom. The maximum atomic E-state index is 12.2. The van der Waals surface area contributed by atoms with Gasteiger partial charge in [-0.15, -0.1) is 0 Å². The van der Waals surface area contributed by atoms with Crippen LogP contribution in [0.25, 0.3) is 0 Å². The van der Waals surface area contributed by atoms with Crippen molar-refractivity contribution in [3.05, 3.63) is 51.2 Å². The zero-order valence-electron chi connectivity index (χ0n) is 12.6. The fourth-order valence-corrected chi connectivity index (χ4v) is 1.92. The van der Waals surface area contributed by atoms with E-state index in [9.17, 15) is 4.79 Å². The highest BCUT2D eigenvalue weighted by atomic mass is 35.5. The van der Waals surface area contributed by atoms with Gasteiger partial charge in [0.2, 0.25) is 0 Å². The summed E-state index contributed by atoms with van der Waals surface area (Å²) in [5.74, 6) is 0.280. The lowest BCUT2D eigenvalue weighted by Crippen LogP contribution is -2.36. The zero-order valence-corrected chi connectivity index (χ0v) is 13.3. The minimum absolute atomic E-state index is 0.0417. The van der Waals surface area contributed by atoms with Gasteiger partial charge >= 0.3 is 0 Å². The quantitative estimate of drug-likeness (QED) is 0.875. The van der Waals surface area contributed by atoms with Gasteiger partial charge in [0.1, 0.15) is 6.61 Å². The largest absolute Gasteiger partial charge is 0.485 e. The van der Waals surface area contributed by atoms with Crippen molar-refractivity contribution in [3.8, 4) is 5.75 Å². The predicted molar refractivity (Wildman–Crippen MR) is 81.8 cm³/mol. The first kappa shape index (κ1) is 15.5. The van der Waals surface area contributed by atoms with Crippen molar-refractivity contribution in [2.24, 2.45) is 0 Å². The molecule has 6 heteroatoms. The summed E-state index contributed by atoms with van der Waals surface area (Å²) < 4.78 is 6.91. The molecule has 0 N–H and O–H groups in total. The Kier molecular flexibility index (Phi) is 4.32. The molecule has 0 saturated heterocycles. The maximum absolute atomic E-state index is 12.2. The van der Waals surface area contributed by atoms with Crippen molar-refractivity contribution < 1.29 is 4.74 Å². The first-order valence-electron chi connectivity index (χ1n) is 6.61. The minimum Gasteiger partial charge on any atom is -0.485 e. The molecule has 0 amide bonds. The first-order valence-corrected chi connectivity index (χ1v) is 6.99. The lowest BCUT2D eigenvalue weighted by Gasteiger charge is -2.21. The first-order chi connectivity index (χ1) is 9.79. The molecule has 2 rings (SSSR count). The monoisotopic (exact) mass is 307 g/mol. The third-order valence-corrected chi connectivity index (χ3v) is 3.24. The Labute approximate surface area is 128 Å². The molecule has 0 aromatic carbocycles. The molecule has 0 saturated carbocycles. The summed E-state index contributed by atoms with van der Waals surface area (Å²) in [6, 6.07) is 3.82. The van der Waals surface area contributed by atoms with Gasteiger partial charge in [0.05, 0.1) is 11.7 Å². The number of aromatic nitrogens is 3. The van der Waals surface area contributed by atoms with E-state index in [4.69, 9.17) is 16.3 Å². The zero-order chi connectivity index (χ0) is 15.6. The smallest absolute Gasteiger partial charge is 0.289 e. The van der Waals surface area contributed by atoms with Crippen LogP contribution in [-0.2, 0) is 12.1 Å². The standard InChI is InChI=1S/C15H18ClN3O2/c1-10-5-6-11(7-17-10)9-21-12-8-18-19(15(2,3)4)14(20)13(12)16/h5-8H,9H2,1-4H3. The molecule has 0 radical (unpaired) electrons. The summed E-state index contributed by atoms with van der Waals surface area (Å²) in [7, 11) is 0. The molecule has 0 atom stereocenters. The molecular formula is C15H18ClN3O2. The Bertz CT molecular complexity index is 688. The van der Waals surface area contributed by atoms with Crippen LogP contribution in [0.4, 0.5) is 0 Å². The summed E-state index contributed by atoms with van der Waals surface area (Å²) in [6.07, 6.45) is 3.20. The highest BCUT2D eigenvalue weighted by Gasteiger charge is 2.19. The second kappa shape index (κ2) is 5.85. The molecule has 0 spiro atoms. The second-order valence-electron chi connectivity index (χ2n) is 5.81.